The van der Waals surface area contributed by atoms with E-state index in [1.165, 1.54) is 36.8 Å². The third-order valence-corrected chi connectivity index (χ3v) is 6.85. The average Bonchev–Trinajstić information content (AvgIpc) is 3.43. The molecule has 1 saturated carbocycles. The molecule has 0 aliphatic heterocycles. The molecule has 0 bridgehead atoms. The third-order valence-electron chi connectivity index (χ3n) is 6.07. The minimum Gasteiger partial charge on any atom is -0.404 e. The van der Waals surface area contributed by atoms with Crippen molar-refractivity contribution < 1.29 is 44.8 Å². The summed E-state index contributed by atoms with van der Waals surface area (Å²) in [6.07, 6.45) is -3.02. The normalized spacial score (nSPS) is 21.4. The molecule has 2 aromatic heterocycles. The molecule has 216 valence electrons. The number of ether oxygens (including phenoxy) is 1. The predicted octanol–water partition coefficient (Wildman–Crippen LogP) is 2.83. The number of hydrogen-bond acceptors (Lipinski definition) is 9. The molecule has 1 aliphatic rings. The zero-order chi connectivity index (χ0) is 29.2. The maximum Gasteiger partial charge on any atom is 0.573 e. The van der Waals surface area contributed by atoms with Gasteiger partial charge in [0, 0.05) is 36.6 Å². The van der Waals surface area contributed by atoms with Crippen LogP contribution in [0.25, 0.3) is 0 Å². The van der Waals surface area contributed by atoms with Crippen LogP contribution in [0.2, 0.25) is 5.02 Å². The quantitative estimate of drug-likeness (QED) is 0.233. The molecule has 4 rings (SSSR count). The lowest BCUT2D eigenvalue weighted by molar-refractivity contribution is -0.274. The Morgan fingerprint density at radius 1 is 1.30 bits per heavy atom. The molecule has 0 amide bonds. The summed E-state index contributed by atoms with van der Waals surface area (Å²) in [6, 6.07) is 4.34. The summed E-state index contributed by atoms with van der Waals surface area (Å²) in [5, 5.41) is 17.5. The van der Waals surface area contributed by atoms with Gasteiger partial charge in [-0.2, -0.15) is 8.42 Å². The molecule has 0 radical (unpaired) electrons. The van der Waals surface area contributed by atoms with E-state index in [1.807, 2.05) is 0 Å². The number of alkyl halides is 4. The van der Waals surface area contributed by atoms with Crippen molar-refractivity contribution in [3.05, 3.63) is 70.9 Å². The lowest BCUT2D eigenvalue weighted by atomic mass is 10.1. The molecule has 3 aromatic rings. The Bertz CT molecular complexity index is 1490. The summed E-state index contributed by atoms with van der Waals surface area (Å²) in [7, 11) is -4.29. The highest BCUT2D eigenvalue weighted by molar-refractivity contribution is 7.84. The number of aliphatic hydroxyl groups is 1. The third kappa shape index (κ3) is 7.45. The van der Waals surface area contributed by atoms with Gasteiger partial charge in [0.2, 0.25) is 0 Å². The molecule has 4 N–H and O–H groups in total. The number of anilines is 1. The fraction of sp³-hybridized carbons (Fsp3) is 0.348. The fourth-order valence-corrected chi connectivity index (χ4v) is 4.78. The summed E-state index contributed by atoms with van der Waals surface area (Å²) < 4.78 is 84.7. The van der Waals surface area contributed by atoms with Gasteiger partial charge in [-0.25, -0.2) is 19.5 Å². The molecule has 11 nitrogen and oxygen atoms in total. The van der Waals surface area contributed by atoms with Crippen molar-refractivity contribution in [2.24, 2.45) is 11.1 Å². The van der Waals surface area contributed by atoms with Crippen molar-refractivity contribution in [3.8, 4) is 5.75 Å². The number of rotatable bonds is 10. The number of aliphatic hydroxyl groups excluding tert-OH is 1. The molecule has 0 spiro atoms. The van der Waals surface area contributed by atoms with E-state index in [9.17, 15) is 35.9 Å². The average molecular weight is 608 g/mol. The van der Waals surface area contributed by atoms with Crippen LogP contribution in [-0.2, 0) is 21.0 Å². The highest BCUT2D eigenvalue weighted by atomic mass is 35.5. The first-order chi connectivity index (χ1) is 18.7. The number of nitrogens with one attached hydrogen (secondary N) is 1. The van der Waals surface area contributed by atoms with Crippen LogP contribution in [0.5, 0.6) is 5.75 Å². The Labute approximate surface area is 230 Å². The van der Waals surface area contributed by atoms with E-state index < -0.39 is 59.0 Å². The summed E-state index contributed by atoms with van der Waals surface area (Å²) >= 11 is 5.79. The maximum atomic E-state index is 14.8. The van der Waals surface area contributed by atoms with Crippen LogP contribution in [0.1, 0.15) is 27.9 Å². The number of benzene rings is 1. The van der Waals surface area contributed by atoms with Gasteiger partial charge in [-0.15, -0.1) is 13.2 Å². The van der Waals surface area contributed by atoms with Gasteiger partial charge in [-0.3, -0.25) is 8.98 Å². The molecule has 4 atom stereocenters. The minimum absolute atomic E-state index is 0.0152. The van der Waals surface area contributed by atoms with Gasteiger partial charge in [-0.1, -0.05) is 17.7 Å². The van der Waals surface area contributed by atoms with E-state index in [-0.39, 0.29) is 34.9 Å². The molecule has 0 unspecified atom stereocenters. The second-order valence-corrected chi connectivity index (χ2v) is 10.6. The highest BCUT2D eigenvalue weighted by Gasteiger charge is 2.44. The van der Waals surface area contributed by atoms with Crippen molar-refractivity contribution >= 4 is 33.5 Å². The van der Waals surface area contributed by atoms with Crippen molar-refractivity contribution in [2.75, 3.05) is 11.9 Å². The van der Waals surface area contributed by atoms with E-state index in [0.29, 0.717) is 5.56 Å². The van der Waals surface area contributed by atoms with E-state index in [1.54, 1.807) is 4.57 Å². The number of ketones is 1. The first-order valence-electron chi connectivity index (χ1n) is 11.5. The zero-order valence-electron chi connectivity index (χ0n) is 20.3. The summed E-state index contributed by atoms with van der Waals surface area (Å²) in [5.41, 5.74) is 0.582. The van der Waals surface area contributed by atoms with Gasteiger partial charge in [0.05, 0.1) is 29.3 Å². The number of nitrogens with zero attached hydrogens (tertiary/aromatic N) is 3. The van der Waals surface area contributed by atoms with Gasteiger partial charge in [0.15, 0.2) is 5.78 Å². The molecular formula is C23H22ClF4N5O6S. The number of carbonyl (C=O) groups is 1. The smallest absolute Gasteiger partial charge is 0.404 e. The van der Waals surface area contributed by atoms with Crippen molar-refractivity contribution in [1.82, 2.24) is 14.5 Å². The summed E-state index contributed by atoms with van der Waals surface area (Å²) in [5.74, 6) is -2.01. The monoisotopic (exact) mass is 607 g/mol. The Morgan fingerprint density at radius 2 is 2.05 bits per heavy atom. The summed E-state index contributed by atoms with van der Waals surface area (Å²) in [4.78, 5) is 21.1. The van der Waals surface area contributed by atoms with Crippen molar-refractivity contribution in [3.63, 3.8) is 0 Å². The van der Waals surface area contributed by atoms with Crippen LogP contribution in [0.15, 0.2) is 49.2 Å². The topological polar surface area (TPSA) is 159 Å². The van der Waals surface area contributed by atoms with Crippen LogP contribution in [0, 0.1) is 5.92 Å². The Hall–Kier alpha value is -3.31. The van der Waals surface area contributed by atoms with E-state index in [0.717, 1.165) is 12.4 Å². The fourth-order valence-electron chi connectivity index (χ4n) is 4.26. The number of halogens is 5. The van der Waals surface area contributed by atoms with Crippen LogP contribution in [0.3, 0.4) is 0 Å². The van der Waals surface area contributed by atoms with Crippen molar-refractivity contribution in [1.29, 1.82) is 0 Å². The Kier molecular flexibility index (Phi) is 8.65. The second kappa shape index (κ2) is 11.7. The molecule has 1 fully saturated rings. The SMILES string of the molecule is NS(=O)(=O)OC[C@H]1C[C@@H](Nc2ncncc2C(=O)c2ccn(Cc3ccc(Cl)c(OC(F)(F)F)c3)c2)[C@@H](F)[C@@H]1O. The molecular weight excluding hydrogens is 586 g/mol. The van der Waals surface area contributed by atoms with Gasteiger partial charge >= 0.3 is 16.7 Å². The van der Waals surface area contributed by atoms with Gasteiger partial charge in [-0.05, 0) is 30.2 Å². The molecule has 2 heterocycles. The Balaban J connectivity index is 1.47. The van der Waals surface area contributed by atoms with E-state index in [2.05, 4.69) is 24.2 Å². The first-order valence-corrected chi connectivity index (χ1v) is 13.4. The van der Waals surface area contributed by atoms with Crippen LogP contribution >= 0.6 is 11.6 Å². The molecule has 17 heteroatoms. The molecule has 1 aliphatic carbocycles. The zero-order valence-corrected chi connectivity index (χ0v) is 21.8. The standard InChI is InChI=1S/C23H22ClF4N5O6S/c24-16-2-1-12(5-18(16)39-23(26,27)28)8-33-4-3-13(9-33)20(34)15-7-30-11-31-22(15)32-17-6-14(21(35)19(17)25)10-38-40(29,36)37/h1-5,7,9,11,14,17,19,21,35H,6,8,10H2,(H2,29,36,37)(H,30,31,32)/t14-,17-,19-,21-/m1/s1. The minimum atomic E-state index is -4.92. The number of aromatic nitrogens is 3. The van der Waals surface area contributed by atoms with Crippen LogP contribution in [-0.4, -0.2) is 65.1 Å². The van der Waals surface area contributed by atoms with Crippen LogP contribution in [0.4, 0.5) is 23.4 Å². The Morgan fingerprint density at radius 3 is 2.75 bits per heavy atom. The first kappa shape index (κ1) is 29.7. The van der Waals surface area contributed by atoms with Gasteiger partial charge in [0.25, 0.3) is 0 Å². The number of carbonyl (C=O) groups excluding carboxylic acids is 1. The second-order valence-electron chi connectivity index (χ2n) is 8.96. The largest absolute Gasteiger partial charge is 0.573 e. The molecule has 40 heavy (non-hydrogen) atoms. The van der Waals surface area contributed by atoms with Crippen LogP contribution < -0.4 is 15.2 Å². The molecule has 1 aromatic carbocycles. The van der Waals surface area contributed by atoms with Gasteiger partial charge in [0.1, 0.15) is 24.1 Å². The summed E-state index contributed by atoms with van der Waals surface area (Å²) in [6.45, 7) is -0.445. The number of hydrogen-bond donors (Lipinski definition) is 3. The van der Waals surface area contributed by atoms with E-state index >= 15 is 0 Å². The van der Waals surface area contributed by atoms with Gasteiger partial charge < -0.3 is 19.7 Å². The number of nitrogens with two attached hydrogens (primary N) is 1. The highest BCUT2D eigenvalue weighted by Crippen LogP contribution is 2.33. The predicted molar refractivity (Wildman–Crippen MR) is 133 cm³/mol. The maximum absolute atomic E-state index is 14.8. The lowest BCUT2D eigenvalue weighted by Gasteiger charge is -2.18. The molecule has 0 saturated heterocycles. The lowest BCUT2D eigenvalue weighted by Crippen LogP contribution is -2.33. The van der Waals surface area contributed by atoms with Crippen molar-refractivity contribution in [2.45, 2.75) is 37.6 Å². The van der Waals surface area contributed by atoms with E-state index in [4.69, 9.17) is 16.7 Å².